The topological polar surface area (TPSA) is 37.9 Å². The summed E-state index contributed by atoms with van der Waals surface area (Å²) in [5.41, 5.74) is 11.1. The second-order valence-corrected chi connectivity index (χ2v) is 16.0. The lowest BCUT2D eigenvalue weighted by molar-refractivity contribution is 0.668. The smallest absolute Gasteiger partial charge is 0.163 e. The van der Waals surface area contributed by atoms with E-state index in [9.17, 15) is 0 Å². The summed E-state index contributed by atoms with van der Waals surface area (Å²) in [7, 11) is 0. The average Bonchev–Trinajstić information content (AvgIpc) is 3.68. The van der Waals surface area contributed by atoms with Crippen molar-refractivity contribution in [2.75, 3.05) is 0 Å². The van der Waals surface area contributed by atoms with Crippen molar-refractivity contribution in [2.24, 2.45) is 9.98 Å². The second kappa shape index (κ2) is 14.4. The van der Waals surface area contributed by atoms with Gasteiger partial charge >= 0.3 is 0 Å². The molecule has 3 nitrogen and oxygen atoms in total. The fraction of sp³-hybridized carbons (Fsp3) is 0.0345. The summed E-state index contributed by atoms with van der Waals surface area (Å²) in [6, 6.07) is 71.7. The van der Waals surface area contributed by atoms with Gasteiger partial charge in [-0.15, -0.1) is 0 Å². The maximum Gasteiger partial charge on any atom is 0.163 e. The van der Waals surface area contributed by atoms with Crippen LogP contribution in [0.5, 0.6) is 0 Å². The van der Waals surface area contributed by atoms with Crippen molar-refractivity contribution < 1.29 is 4.42 Å². The molecule has 12 rings (SSSR count). The zero-order valence-corrected chi connectivity index (χ0v) is 33.3. The summed E-state index contributed by atoms with van der Waals surface area (Å²) >= 11 is 0. The zero-order chi connectivity index (χ0) is 40.3. The fourth-order valence-electron chi connectivity index (χ4n) is 9.30. The lowest BCUT2D eigenvalue weighted by Gasteiger charge is -2.15. The molecular formula is C58H38N2O. The van der Waals surface area contributed by atoms with E-state index in [-0.39, 0.29) is 0 Å². The first-order valence-corrected chi connectivity index (χ1v) is 21.0. The Morgan fingerprint density at radius 1 is 0.361 bits per heavy atom. The number of amidine groups is 1. The number of nitrogens with zero attached hydrogens (tertiary/aromatic N) is 2. The quantitative estimate of drug-likeness (QED) is 0.160. The van der Waals surface area contributed by atoms with Gasteiger partial charge in [0.1, 0.15) is 11.2 Å². The molecule has 3 heteroatoms. The summed E-state index contributed by atoms with van der Waals surface area (Å²) in [5, 5.41) is 12.1. The highest BCUT2D eigenvalue weighted by Gasteiger charge is 2.21. The molecule has 0 amide bonds. The third kappa shape index (κ3) is 6.13. The first-order valence-electron chi connectivity index (χ1n) is 21.0. The van der Waals surface area contributed by atoms with Gasteiger partial charge in [-0.3, -0.25) is 0 Å². The van der Waals surface area contributed by atoms with E-state index in [1.165, 1.54) is 48.8 Å². The molecule has 61 heavy (non-hydrogen) atoms. The number of benzene rings is 10. The summed E-state index contributed by atoms with van der Waals surface area (Å²) < 4.78 is 6.89. The minimum atomic E-state index is 0.636. The molecule has 0 bridgehead atoms. The summed E-state index contributed by atoms with van der Waals surface area (Å²) in [4.78, 5) is 10.9. The third-order valence-electron chi connectivity index (χ3n) is 12.3. The van der Waals surface area contributed by atoms with E-state index in [1.807, 2.05) is 6.07 Å². The minimum Gasteiger partial charge on any atom is -0.455 e. The third-order valence-corrected chi connectivity index (χ3v) is 12.3. The van der Waals surface area contributed by atoms with Crippen molar-refractivity contribution in [3.05, 3.63) is 223 Å². The number of fused-ring (bicyclic) bond motifs is 10. The van der Waals surface area contributed by atoms with Gasteiger partial charge in [0, 0.05) is 10.8 Å². The van der Waals surface area contributed by atoms with Crippen LogP contribution in [0.1, 0.15) is 29.5 Å². The molecule has 0 radical (unpaired) electrons. The Balaban J connectivity index is 1.05. The monoisotopic (exact) mass is 778 g/mol. The predicted octanol–water partition coefficient (Wildman–Crippen LogP) is 15.6. The van der Waals surface area contributed by atoms with Crippen LogP contribution in [0.3, 0.4) is 0 Å². The molecule has 10 aromatic carbocycles. The highest BCUT2D eigenvalue weighted by atomic mass is 16.3. The summed E-state index contributed by atoms with van der Waals surface area (Å²) in [5.74, 6) is 0.636. The molecule has 286 valence electrons. The van der Waals surface area contributed by atoms with Gasteiger partial charge in [0.2, 0.25) is 0 Å². The lowest BCUT2D eigenvalue weighted by Crippen LogP contribution is -2.09. The Labute approximate surface area is 353 Å². The standard InChI is InChI=1S/C58H38N2O/c1-3-14-39(15-4-1)54-24-13-25-55(40-16-5-2-6-17-40)60-58(59-54)53-35-44(34-52-51-33-41-18-7-8-19-42(41)36-56(51)61-57(52)53)38-28-26-37(27-29-38)43-30-31-49-47-22-10-9-20-45(47)46-21-11-12-23-48(46)50(49)32-43/h1-12,14-24,26-36H,13,25H2/b54-24-,59-58-,60-55+. The zero-order valence-electron chi connectivity index (χ0n) is 33.3. The van der Waals surface area contributed by atoms with Crippen LogP contribution in [-0.2, 0) is 0 Å². The first-order chi connectivity index (χ1) is 30.2. The SMILES string of the molecule is C1=C(c2ccccc2)/N=C(c2cc(-c3ccc(-c4ccc5c6ccccc6c6ccccc6c5c4)cc3)cc3c2oc2cc4ccccc4cc23)\N=C(\c2ccccc2)CC\1. The van der Waals surface area contributed by atoms with Crippen molar-refractivity contribution >= 4 is 82.3 Å². The Morgan fingerprint density at radius 2 is 0.902 bits per heavy atom. The molecule has 0 saturated carbocycles. The van der Waals surface area contributed by atoms with Crippen LogP contribution in [-0.4, -0.2) is 11.5 Å². The van der Waals surface area contributed by atoms with Crippen LogP contribution >= 0.6 is 0 Å². The highest BCUT2D eigenvalue weighted by molar-refractivity contribution is 6.26. The molecule has 1 aliphatic heterocycles. The van der Waals surface area contributed by atoms with Gasteiger partial charge in [0.25, 0.3) is 0 Å². The Hall–Kier alpha value is -7.88. The molecule has 0 unspecified atom stereocenters. The van der Waals surface area contributed by atoms with Crippen molar-refractivity contribution in [2.45, 2.75) is 12.8 Å². The summed E-state index contributed by atoms with van der Waals surface area (Å²) in [6.07, 6.45) is 3.86. The predicted molar refractivity (Wildman–Crippen MR) is 258 cm³/mol. The molecule has 1 aliphatic rings. The number of hydrogen-bond acceptors (Lipinski definition) is 3. The molecule has 0 spiro atoms. The number of rotatable bonds is 5. The van der Waals surface area contributed by atoms with Crippen LogP contribution < -0.4 is 0 Å². The first kappa shape index (κ1) is 35.1. The van der Waals surface area contributed by atoms with Crippen LogP contribution in [0, 0.1) is 0 Å². The normalized spacial score (nSPS) is 16.0. The lowest BCUT2D eigenvalue weighted by atomic mass is 9.91. The van der Waals surface area contributed by atoms with E-state index in [2.05, 4.69) is 200 Å². The molecular weight excluding hydrogens is 741 g/mol. The van der Waals surface area contributed by atoms with Gasteiger partial charge in [0.05, 0.1) is 17.0 Å². The average molecular weight is 779 g/mol. The van der Waals surface area contributed by atoms with E-state index in [0.717, 1.165) is 79.4 Å². The Morgan fingerprint density at radius 3 is 1.59 bits per heavy atom. The largest absolute Gasteiger partial charge is 0.455 e. The molecule has 0 N–H and O–H groups in total. The van der Waals surface area contributed by atoms with Gasteiger partial charge in [-0.05, 0) is 120 Å². The maximum atomic E-state index is 6.89. The van der Waals surface area contributed by atoms with E-state index < -0.39 is 0 Å². The number of aliphatic imine (C=N–C) groups is 2. The molecule has 1 aromatic heterocycles. The summed E-state index contributed by atoms with van der Waals surface area (Å²) in [6.45, 7) is 0. The van der Waals surface area contributed by atoms with Crippen molar-refractivity contribution in [1.29, 1.82) is 0 Å². The molecule has 0 aliphatic carbocycles. The fourth-order valence-corrected chi connectivity index (χ4v) is 9.30. The van der Waals surface area contributed by atoms with Gasteiger partial charge in [-0.1, -0.05) is 176 Å². The van der Waals surface area contributed by atoms with Crippen molar-refractivity contribution in [3.8, 4) is 22.3 Å². The Kier molecular flexibility index (Phi) is 8.31. The van der Waals surface area contributed by atoms with Crippen LogP contribution in [0.4, 0.5) is 0 Å². The minimum absolute atomic E-state index is 0.636. The maximum absolute atomic E-state index is 6.89. The van der Waals surface area contributed by atoms with Gasteiger partial charge in [-0.2, -0.15) is 0 Å². The molecule has 0 atom stereocenters. The van der Waals surface area contributed by atoms with E-state index in [4.69, 9.17) is 14.4 Å². The molecule has 11 aromatic rings. The highest BCUT2D eigenvalue weighted by Crippen LogP contribution is 2.40. The van der Waals surface area contributed by atoms with E-state index >= 15 is 0 Å². The molecule has 0 fully saturated rings. The number of furan rings is 1. The van der Waals surface area contributed by atoms with Crippen LogP contribution in [0.15, 0.2) is 221 Å². The van der Waals surface area contributed by atoms with Gasteiger partial charge < -0.3 is 4.42 Å². The van der Waals surface area contributed by atoms with E-state index in [1.54, 1.807) is 0 Å². The number of hydrogen-bond donors (Lipinski definition) is 0. The van der Waals surface area contributed by atoms with Crippen LogP contribution in [0.25, 0.3) is 93.0 Å². The van der Waals surface area contributed by atoms with Crippen molar-refractivity contribution in [1.82, 2.24) is 0 Å². The van der Waals surface area contributed by atoms with Gasteiger partial charge in [-0.25, -0.2) is 9.98 Å². The number of allylic oxidation sites excluding steroid dienone is 1. The molecule has 0 saturated heterocycles. The van der Waals surface area contributed by atoms with Crippen LogP contribution in [0.2, 0.25) is 0 Å². The van der Waals surface area contributed by atoms with Crippen molar-refractivity contribution in [3.63, 3.8) is 0 Å². The van der Waals surface area contributed by atoms with Gasteiger partial charge in [0.15, 0.2) is 5.84 Å². The Bertz CT molecular complexity index is 3580. The van der Waals surface area contributed by atoms with E-state index in [0.29, 0.717) is 5.84 Å². The molecule has 2 heterocycles. The second-order valence-electron chi connectivity index (χ2n) is 16.0.